The maximum atomic E-state index is 2.79. The molecule has 1 aliphatic rings. The average molecular weight is 197 g/mol. The first kappa shape index (κ1) is 12.0. The molecule has 0 aromatic heterocycles. The molecule has 0 N–H and O–H groups in total. The Kier molecular flexibility index (Phi) is 4.94. The van der Waals surface area contributed by atoms with Gasteiger partial charge in [-0.3, -0.25) is 4.90 Å². The number of hydrogen-bond acceptors (Lipinski definition) is 1. The SMILES string of the molecule is CCC1CCCCN1C(CC)C(C)C. The lowest BCUT2D eigenvalue weighted by Gasteiger charge is -2.42. The zero-order valence-corrected chi connectivity index (χ0v) is 10.4. The molecule has 1 rings (SSSR count). The number of nitrogens with zero attached hydrogens (tertiary/aromatic N) is 1. The van der Waals surface area contributed by atoms with Crippen molar-refractivity contribution in [3.05, 3.63) is 0 Å². The third kappa shape index (κ3) is 2.73. The van der Waals surface area contributed by atoms with E-state index < -0.39 is 0 Å². The molecule has 0 aromatic rings. The van der Waals surface area contributed by atoms with E-state index in [0.717, 1.165) is 18.0 Å². The van der Waals surface area contributed by atoms with Crippen molar-refractivity contribution in [3.8, 4) is 0 Å². The van der Waals surface area contributed by atoms with Crippen LogP contribution >= 0.6 is 0 Å². The highest BCUT2D eigenvalue weighted by molar-refractivity contribution is 4.83. The maximum absolute atomic E-state index is 2.79. The summed E-state index contributed by atoms with van der Waals surface area (Å²) in [5, 5.41) is 0. The Bertz CT molecular complexity index is 153. The Morgan fingerprint density at radius 1 is 1.21 bits per heavy atom. The van der Waals surface area contributed by atoms with E-state index in [2.05, 4.69) is 32.6 Å². The summed E-state index contributed by atoms with van der Waals surface area (Å²) >= 11 is 0. The maximum Gasteiger partial charge on any atom is 0.0119 e. The lowest BCUT2D eigenvalue weighted by atomic mass is 9.92. The Hall–Kier alpha value is -0.0400. The van der Waals surface area contributed by atoms with Gasteiger partial charge < -0.3 is 0 Å². The summed E-state index contributed by atoms with van der Waals surface area (Å²) in [6, 6.07) is 1.69. The predicted molar refractivity (Wildman–Crippen MR) is 63.6 cm³/mol. The Morgan fingerprint density at radius 3 is 2.43 bits per heavy atom. The van der Waals surface area contributed by atoms with E-state index >= 15 is 0 Å². The molecular weight excluding hydrogens is 170 g/mol. The summed E-state index contributed by atoms with van der Waals surface area (Å²) in [5.74, 6) is 0.812. The van der Waals surface area contributed by atoms with Crippen LogP contribution in [0.5, 0.6) is 0 Å². The predicted octanol–water partition coefficient (Wildman–Crippen LogP) is 3.69. The number of rotatable bonds is 4. The number of piperidine rings is 1. The molecule has 14 heavy (non-hydrogen) atoms. The van der Waals surface area contributed by atoms with E-state index in [1.807, 2.05) is 0 Å². The van der Waals surface area contributed by atoms with Crippen LogP contribution in [-0.2, 0) is 0 Å². The molecule has 0 amide bonds. The molecule has 1 aliphatic heterocycles. The van der Waals surface area contributed by atoms with E-state index in [1.165, 1.54) is 38.6 Å². The van der Waals surface area contributed by atoms with Crippen molar-refractivity contribution in [1.29, 1.82) is 0 Å². The molecule has 1 saturated heterocycles. The van der Waals surface area contributed by atoms with Crippen molar-refractivity contribution < 1.29 is 0 Å². The highest BCUT2D eigenvalue weighted by Gasteiger charge is 2.28. The topological polar surface area (TPSA) is 3.24 Å². The summed E-state index contributed by atoms with van der Waals surface area (Å²) < 4.78 is 0. The quantitative estimate of drug-likeness (QED) is 0.664. The van der Waals surface area contributed by atoms with E-state index in [4.69, 9.17) is 0 Å². The first-order valence-corrected chi connectivity index (χ1v) is 6.46. The Balaban J connectivity index is 2.60. The van der Waals surface area contributed by atoms with Crippen LogP contribution in [-0.4, -0.2) is 23.5 Å². The minimum atomic E-state index is 0.812. The molecule has 1 heteroatoms. The number of likely N-dealkylation sites (tertiary alicyclic amines) is 1. The van der Waals surface area contributed by atoms with Gasteiger partial charge in [-0.2, -0.15) is 0 Å². The first-order valence-electron chi connectivity index (χ1n) is 6.46. The molecule has 84 valence electrons. The van der Waals surface area contributed by atoms with Crippen LogP contribution in [0.3, 0.4) is 0 Å². The van der Waals surface area contributed by atoms with Crippen LogP contribution in [0.4, 0.5) is 0 Å². The van der Waals surface area contributed by atoms with Crippen LogP contribution in [0, 0.1) is 5.92 Å². The van der Waals surface area contributed by atoms with Gasteiger partial charge in [0.25, 0.3) is 0 Å². The van der Waals surface area contributed by atoms with Gasteiger partial charge in [-0.15, -0.1) is 0 Å². The van der Waals surface area contributed by atoms with E-state index in [9.17, 15) is 0 Å². The van der Waals surface area contributed by atoms with Gasteiger partial charge in [0.05, 0.1) is 0 Å². The minimum Gasteiger partial charge on any atom is -0.297 e. The fourth-order valence-electron chi connectivity index (χ4n) is 2.99. The molecule has 2 unspecified atom stereocenters. The Morgan fingerprint density at radius 2 is 1.93 bits per heavy atom. The third-order valence-electron chi connectivity index (χ3n) is 3.76. The van der Waals surface area contributed by atoms with Gasteiger partial charge in [0.2, 0.25) is 0 Å². The third-order valence-corrected chi connectivity index (χ3v) is 3.76. The van der Waals surface area contributed by atoms with Gasteiger partial charge in [-0.05, 0) is 38.1 Å². The summed E-state index contributed by atoms with van der Waals surface area (Å²) in [7, 11) is 0. The van der Waals surface area contributed by atoms with Gasteiger partial charge in [0.1, 0.15) is 0 Å². The van der Waals surface area contributed by atoms with Crippen molar-refractivity contribution in [2.45, 2.75) is 71.9 Å². The summed E-state index contributed by atoms with van der Waals surface area (Å²) in [4.78, 5) is 2.79. The molecule has 1 heterocycles. The van der Waals surface area contributed by atoms with Crippen molar-refractivity contribution in [1.82, 2.24) is 4.90 Å². The van der Waals surface area contributed by atoms with E-state index in [1.54, 1.807) is 0 Å². The molecule has 0 saturated carbocycles. The van der Waals surface area contributed by atoms with Crippen LogP contribution in [0.1, 0.15) is 59.8 Å². The summed E-state index contributed by atoms with van der Waals surface area (Å²) in [5.41, 5.74) is 0. The Labute approximate surface area is 89.9 Å². The molecular formula is C13H27N. The van der Waals surface area contributed by atoms with Gasteiger partial charge in [0.15, 0.2) is 0 Å². The van der Waals surface area contributed by atoms with Crippen molar-refractivity contribution >= 4 is 0 Å². The molecule has 2 atom stereocenters. The fourth-order valence-corrected chi connectivity index (χ4v) is 2.99. The second kappa shape index (κ2) is 5.75. The van der Waals surface area contributed by atoms with Crippen LogP contribution < -0.4 is 0 Å². The normalized spacial score (nSPS) is 26.8. The zero-order valence-electron chi connectivity index (χ0n) is 10.4. The number of hydrogen-bond donors (Lipinski definition) is 0. The lowest BCUT2D eigenvalue weighted by molar-refractivity contribution is 0.0646. The highest BCUT2D eigenvalue weighted by atomic mass is 15.2. The van der Waals surface area contributed by atoms with Gasteiger partial charge in [-0.25, -0.2) is 0 Å². The molecule has 0 bridgehead atoms. The van der Waals surface area contributed by atoms with Crippen molar-refractivity contribution in [2.75, 3.05) is 6.54 Å². The van der Waals surface area contributed by atoms with Crippen LogP contribution in [0.15, 0.2) is 0 Å². The highest BCUT2D eigenvalue weighted by Crippen LogP contribution is 2.26. The first-order chi connectivity index (χ1) is 6.70. The molecule has 0 aromatic carbocycles. The van der Waals surface area contributed by atoms with Gasteiger partial charge in [-0.1, -0.05) is 34.1 Å². The molecule has 0 radical (unpaired) electrons. The summed E-state index contributed by atoms with van der Waals surface area (Å²) in [6.45, 7) is 10.8. The molecule has 0 aliphatic carbocycles. The van der Waals surface area contributed by atoms with E-state index in [0.29, 0.717) is 0 Å². The van der Waals surface area contributed by atoms with Gasteiger partial charge >= 0.3 is 0 Å². The molecule has 1 fully saturated rings. The minimum absolute atomic E-state index is 0.812. The zero-order chi connectivity index (χ0) is 10.6. The average Bonchev–Trinajstić information content (AvgIpc) is 2.19. The second-order valence-corrected chi connectivity index (χ2v) is 5.02. The fraction of sp³-hybridized carbons (Fsp3) is 1.00. The smallest absolute Gasteiger partial charge is 0.0119 e. The monoisotopic (exact) mass is 197 g/mol. The van der Waals surface area contributed by atoms with Gasteiger partial charge in [0, 0.05) is 12.1 Å². The molecule has 1 nitrogen and oxygen atoms in total. The van der Waals surface area contributed by atoms with Crippen LogP contribution in [0.2, 0.25) is 0 Å². The largest absolute Gasteiger partial charge is 0.297 e. The van der Waals surface area contributed by atoms with Crippen molar-refractivity contribution in [2.24, 2.45) is 5.92 Å². The lowest BCUT2D eigenvalue weighted by Crippen LogP contribution is -2.47. The second-order valence-electron chi connectivity index (χ2n) is 5.02. The van der Waals surface area contributed by atoms with Crippen molar-refractivity contribution in [3.63, 3.8) is 0 Å². The van der Waals surface area contributed by atoms with Crippen LogP contribution in [0.25, 0.3) is 0 Å². The molecule has 0 spiro atoms. The standard InChI is InChI=1S/C13H27N/c1-5-12-9-7-8-10-14(12)13(6-2)11(3)4/h11-13H,5-10H2,1-4H3. The van der Waals surface area contributed by atoms with E-state index in [-0.39, 0.29) is 0 Å². The summed E-state index contributed by atoms with van der Waals surface area (Å²) in [6.07, 6.45) is 6.94.